The van der Waals surface area contributed by atoms with E-state index in [0.717, 1.165) is 16.9 Å². The molecule has 7 heteroatoms. The maximum atomic E-state index is 12.9. The van der Waals surface area contributed by atoms with Crippen LogP contribution in [0, 0.1) is 5.92 Å². The highest BCUT2D eigenvalue weighted by Crippen LogP contribution is 2.19. The van der Waals surface area contributed by atoms with Crippen LogP contribution in [0.5, 0.6) is 5.75 Å². The summed E-state index contributed by atoms with van der Waals surface area (Å²) in [6.07, 6.45) is 0. The fourth-order valence-electron chi connectivity index (χ4n) is 3.32. The largest absolute Gasteiger partial charge is 0.493 e. The number of amides is 2. The van der Waals surface area contributed by atoms with E-state index in [4.69, 9.17) is 4.74 Å². The lowest BCUT2D eigenvalue weighted by molar-refractivity contribution is -0.124. The van der Waals surface area contributed by atoms with Gasteiger partial charge in [-0.15, -0.1) is 0 Å². The van der Waals surface area contributed by atoms with Crippen LogP contribution in [0.3, 0.4) is 0 Å². The second kappa shape index (κ2) is 9.43. The molecule has 0 aliphatic heterocycles. The Morgan fingerprint density at radius 1 is 1.10 bits per heavy atom. The molecule has 1 aromatic heterocycles. The number of imidazole rings is 1. The van der Waals surface area contributed by atoms with Gasteiger partial charge in [0.2, 0.25) is 5.91 Å². The number of rotatable bonds is 8. The molecule has 2 amide bonds. The number of benzene rings is 2. The first-order chi connectivity index (χ1) is 14.4. The highest BCUT2D eigenvalue weighted by atomic mass is 16.5. The van der Waals surface area contributed by atoms with Crippen LogP contribution >= 0.6 is 0 Å². The molecule has 0 saturated carbocycles. The summed E-state index contributed by atoms with van der Waals surface area (Å²) in [6.45, 7) is 6.39. The third-order valence-corrected chi connectivity index (χ3v) is 4.97. The van der Waals surface area contributed by atoms with Crippen molar-refractivity contribution in [2.75, 3.05) is 6.61 Å². The van der Waals surface area contributed by atoms with Gasteiger partial charge in [0, 0.05) is 7.05 Å². The van der Waals surface area contributed by atoms with Gasteiger partial charge in [-0.1, -0.05) is 38.1 Å². The predicted octanol–water partition coefficient (Wildman–Crippen LogP) is 3.04. The van der Waals surface area contributed by atoms with E-state index in [2.05, 4.69) is 15.6 Å². The Kier molecular flexibility index (Phi) is 6.72. The van der Waals surface area contributed by atoms with E-state index in [1.807, 2.05) is 62.7 Å². The standard InChI is InChI=1S/C23H28N4O3/c1-5-30-19-13-9-6-10-16(19)22(28)26-21(15(2)3)23(29)24-14-20-25-17-11-7-8-12-18(17)27(20)4/h6-13,15,21H,5,14H2,1-4H3,(H,24,29)(H,26,28). The quantitative estimate of drug-likeness (QED) is 0.600. The third kappa shape index (κ3) is 4.62. The van der Waals surface area contributed by atoms with E-state index in [9.17, 15) is 9.59 Å². The van der Waals surface area contributed by atoms with Crippen molar-refractivity contribution in [1.82, 2.24) is 20.2 Å². The molecule has 158 valence electrons. The minimum atomic E-state index is -0.679. The normalized spacial score (nSPS) is 12.0. The van der Waals surface area contributed by atoms with Crippen LogP contribution in [0.15, 0.2) is 48.5 Å². The molecule has 1 unspecified atom stereocenters. The lowest BCUT2D eigenvalue weighted by Crippen LogP contribution is -2.49. The van der Waals surface area contributed by atoms with Gasteiger partial charge in [-0.3, -0.25) is 9.59 Å². The zero-order chi connectivity index (χ0) is 21.7. The maximum absolute atomic E-state index is 12.9. The summed E-state index contributed by atoms with van der Waals surface area (Å²) in [5, 5.41) is 5.76. The molecule has 3 aromatic rings. The van der Waals surface area contributed by atoms with Crippen molar-refractivity contribution < 1.29 is 14.3 Å². The van der Waals surface area contributed by atoms with Gasteiger partial charge in [0.05, 0.1) is 29.7 Å². The number of aromatic nitrogens is 2. The van der Waals surface area contributed by atoms with Crippen molar-refractivity contribution in [3.8, 4) is 5.75 Å². The minimum Gasteiger partial charge on any atom is -0.493 e. The van der Waals surface area contributed by atoms with Gasteiger partial charge in [0.15, 0.2) is 0 Å². The maximum Gasteiger partial charge on any atom is 0.255 e. The van der Waals surface area contributed by atoms with Crippen LogP contribution in [0.4, 0.5) is 0 Å². The van der Waals surface area contributed by atoms with Gasteiger partial charge in [0.25, 0.3) is 5.91 Å². The monoisotopic (exact) mass is 408 g/mol. The van der Waals surface area contributed by atoms with Gasteiger partial charge < -0.3 is 19.9 Å². The van der Waals surface area contributed by atoms with Crippen LogP contribution in [0.2, 0.25) is 0 Å². The molecule has 0 aliphatic rings. The molecule has 0 fully saturated rings. The number of hydrogen-bond donors (Lipinski definition) is 2. The number of para-hydroxylation sites is 3. The molecule has 2 N–H and O–H groups in total. The number of carbonyl (C=O) groups is 2. The lowest BCUT2D eigenvalue weighted by atomic mass is 10.0. The molecular formula is C23H28N4O3. The highest BCUT2D eigenvalue weighted by molar-refractivity contribution is 5.99. The van der Waals surface area contributed by atoms with Crippen LogP contribution in [0.1, 0.15) is 37.0 Å². The molecule has 1 atom stereocenters. The third-order valence-electron chi connectivity index (χ3n) is 4.97. The number of carbonyl (C=O) groups excluding carboxylic acids is 2. The van der Waals surface area contributed by atoms with Crippen LogP contribution in [-0.4, -0.2) is 34.0 Å². The molecule has 7 nitrogen and oxygen atoms in total. The van der Waals surface area contributed by atoms with Gasteiger partial charge >= 0.3 is 0 Å². The number of hydrogen-bond acceptors (Lipinski definition) is 4. The molecule has 1 heterocycles. The second-order valence-electron chi connectivity index (χ2n) is 7.42. The van der Waals surface area contributed by atoms with E-state index in [1.165, 1.54) is 0 Å². The minimum absolute atomic E-state index is 0.0892. The topological polar surface area (TPSA) is 85.2 Å². The fraction of sp³-hybridized carbons (Fsp3) is 0.348. The zero-order valence-corrected chi connectivity index (χ0v) is 17.8. The van der Waals surface area contributed by atoms with Gasteiger partial charge in [-0.05, 0) is 37.1 Å². The first kappa shape index (κ1) is 21.4. The molecule has 0 aliphatic carbocycles. The molecule has 0 radical (unpaired) electrons. The number of nitrogens with one attached hydrogen (secondary N) is 2. The summed E-state index contributed by atoms with van der Waals surface area (Å²) in [5.74, 6) is 0.573. The summed E-state index contributed by atoms with van der Waals surface area (Å²) < 4.78 is 7.49. The second-order valence-corrected chi connectivity index (χ2v) is 7.42. The Balaban J connectivity index is 1.70. The Morgan fingerprint density at radius 2 is 1.80 bits per heavy atom. The SMILES string of the molecule is CCOc1ccccc1C(=O)NC(C(=O)NCc1nc2ccccc2n1C)C(C)C. The van der Waals surface area contributed by atoms with Crippen molar-refractivity contribution in [2.45, 2.75) is 33.4 Å². The molecule has 2 aromatic carbocycles. The van der Waals surface area contributed by atoms with E-state index in [-0.39, 0.29) is 24.3 Å². The number of nitrogens with zero attached hydrogens (tertiary/aromatic N) is 2. The van der Waals surface area contributed by atoms with E-state index in [1.54, 1.807) is 18.2 Å². The summed E-state index contributed by atoms with van der Waals surface area (Å²) in [7, 11) is 1.92. The van der Waals surface area contributed by atoms with E-state index < -0.39 is 6.04 Å². The molecule has 0 bridgehead atoms. The van der Waals surface area contributed by atoms with Crippen LogP contribution in [0.25, 0.3) is 11.0 Å². The number of fused-ring (bicyclic) bond motifs is 1. The summed E-state index contributed by atoms with van der Waals surface area (Å²) >= 11 is 0. The molecule has 30 heavy (non-hydrogen) atoms. The highest BCUT2D eigenvalue weighted by Gasteiger charge is 2.26. The molecule has 0 spiro atoms. The summed E-state index contributed by atoms with van der Waals surface area (Å²) in [5.41, 5.74) is 2.29. The molecular weight excluding hydrogens is 380 g/mol. The van der Waals surface area contributed by atoms with Crippen molar-refractivity contribution in [3.63, 3.8) is 0 Å². The number of aryl methyl sites for hydroxylation is 1. The predicted molar refractivity (Wildman–Crippen MR) is 116 cm³/mol. The Labute approximate surface area is 176 Å². The lowest BCUT2D eigenvalue weighted by Gasteiger charge is -2.22. The van der Waals surface area contributed by atoms with Crippen molar-refractivity contribution >= 4 is 22.8 Å². The summed E-state index contributed by atoms with van der Waals surface area (Å²) in [6, 6.07) is 14.2. The van der Waals surface area contributed by atoms with Crippen molar-refractivity contribution in [3.05, 3.63) is 59.9 Å². The molecule has 0 saturated heterocycles. The number of ether oxygens (including phenoxy) is 1. The van der Waals surface area contributed by atoms with E-state index in [0.29, 0.717) is 17.9 Å². The Morgan fingerprint density at radius 3 is 2.50 bits per heavy atom. The Hall–Kier alpha value is -3.35. The van der Waals surface area contributed by atoms with E-state index >= 15 is 0 Å². The van der Waals surface area contributed by atoms with Gasteiger partial charge in [-0.25, -0.2) is 4.98 Å². The van der Waals surface area contributed by atoms with Gasteiger partial charge in [-0.2, -0.15) is 0 Å². The zero-order valence-electron chi connectivity index (χ0n) is 17.8. The first-order valence-electron chi connectivity index (χ1n) is 10.1. The fourth-order valence-corrected chi connectivity index (χ4v) is 3.32. The van der Waals surface area contributed by atoms with Crippen LogP contribution in [-0.2, 0) is 18.4 Å². The van der Waals surface area contributed by atoms with Crippen LogP contribution < -0.4 is 15.4 Å². The van der Waals surface area contributed by atoms with Crippen molar-refractivity contribution in [2.24, 2.45) is 13.0 Å². The average Bonchev–Trinajstić information content (AvgIpc) is 3.06. The van der Waals surface area contributed by atoms with Crippen molar-refractivity contribution in [1.29, 1.82) is 0 Å². The van der Waals surface area contributed by atoms with Gasteiger partial charge in [0.1, 0.15) is 17.6 Å². The average molecular weight is 409 g/mol. The summed E-state index contributed by atoms with van der Waals surface area (Å²) in [4.78, 5) is 30.3. The first-order valence-corrected chi connectivity index (χ1v) is 10.1. The smallest absolute Gasteiger partial charge is 0.255 e. The molecule has 3 rings (SSSR count). The Bertz CT molecular complexity index is 1040.